The van der Waals surface area contributed by atoms with Crippen LogP contribution in [0, 0.1) is 19.7 Å². The van der Waals surface area contributed by atoms with Gasteiger partial charge in [0.2, 0.25) is 0 Å². The molecule has 1 heterocycles. The molecule has 0 spiro atoms. The van der Waals surface area contributed by atoms with Crippen LogP contribution in [0.25, 0.3) is 0 Å². The van der Waals surface area contributed by atoms with Gasteiger partial charge in [-0.2, -0.15) is 0 Å². The molecule has 0 radical (unpaired) electrons. The summed E-state index contributed by atoms with van der Waals surface area (Å²) in [5.74, 6) is 0.169. The molecule has 24 heavy (non-hydrogen) atoms. The zero-order valence-corrected chi connectivity index (χ0v) is 15.0. The van der Waals surface area contributed by atoms with Gasteiger partial charge in [-0.1, -0.05) is 18.2 Å². The first-order valence-corrected chi connectivity index (χ1v) is 8.70. The van der Waals surface area contributed by atoms with E-state index in [1.165, 1.54) is 6.07 Å². The molecule has 0 aliphatic rings. The number of guanidine groups is 1. The van der Waals surface area contributed by atoms with E-state index in [0.717, 1.165) is 15.6 Å². The molecule has 0 aliphatic carbocycles. The van der Waals surface area contributed by atoms with E-state index >= 15 is 0 Å². The first-order chi connectivity index (χ1) is 11.5. The number of aliphatic hydroxyl groups is 1. The maximum Gasteiger partial charge on any atom is 0.191 e. The topological polar surface area (TPSA) is 69.5 Å². The largest absolute Gasteiger partial charge is 0.386 e. The Bertz CT molecular complexity index is 702. The van der Waals surface area contributed by atoms with Crippen LogP contribution in [0.1, 0.15) is 34.2 Å². The van der Waals surface area contributed by atoms with Gasteiger partial charge in [-0.3, -0.25) is 0 Å². The predicted molar refractivity (Wildman–Crippen MR) is 95.8 cm³/mol. The minimum absolute atomic E-state index is 0.174. The highest BCUT2D eigenvalue weighted by atomic mass is 32.1. The van der Waals surface area contributed by atoms with Gasteiger partial charge < -0.3 is 15.7 Å². The number of nitrogens with zero attached hydrogens (tertiary/aromatic N) is 2. The number of aryl methyl sites for hydroxylation is 2. The predicted octanol–water partition coefficient (Wildman–Crippen LogP) is 2.69. The number of aliphatic hydroxyl groups excluding tert-OH is 1. The molecular formula is C17H23FN4OS. The number of halogens is 1. The monoisotopic (exact) mass is 350 g/mol. The maximum absolute atomic E-state index is 13.7. The zero-order chi connectivity index (χ0) is 17.5. The van der Waals surface area contributed by atoms with Crippen molar-refractivity contribution in [2.45, 2.75) is 33.4 Å². The molecule has 0 fully saturated rings. The van der Waals surface area contributed by atoms with Crippen LogP contribution in [-0.4, -0.2) is 29.1 Å². The van der Waals surface area contributed by atoms with Crippen LogP contribution < -0.4 is 10.6 Å². The zero-order valence-electron chi connectivity index (χ0n) is 14.1. The molecule has 0 aliphatic heterocycles. The van der Waals surface area contributed by atoms with Gasteiger partial charge in [0, 0.05) is 23.5 Å². The van der Waals surface area contributed by atoms with Crippen LogP contribution in [0.2, 0.25) is 0 Å². The Kier molecular flexibility index (Phi) is 6.69. The molecule has 0 amide bonds. The summed E-state index contributed by atoms with van der Waals surface area (Å²) in [4.78, 5) is 10.0. The smallest absolute Gasteiger partial charge is 0.191 e. The second kappa shape index (κ2) is 8.75. The van der Waals surface area contributed by atoms with E-state index in [2.05, 4.69) is 20.6 Å². The van der Waals surface area contributed by atoms with Crippen LogP contribution in [0.4, 0.5) is 4.39 Å². The Balaban J connectivity index is 1.99. The minimum Gasteiger partial charge on any atom is -0.386 e. The summed E-state index contributed by atoms with van der Waals surface area (Å²) in [5, 5.41) is 17.3. The number of benzene rings is 1. The van der Waals surface area contributed by atoms with Crippen molar-refractivity contribution in [3.05, 3.63) is 51.2 Å². The standard InChI is InChI=1S/C17H23FN4OS/c1-4-19-17(21-10-16-11(2)22-12(3)24-16)20-9-15(23)13-7-5-6-8-14(13)18/h5-8,15,23H,4,9-10H2,1-3H3,(H2,19,20,21). The van der Waals surface area contributed by atoms with Crippen LogP contribution >= 0.6 is 11.3 Å². The Hall–Kier alpha value is -1.99. The number of rotatable bonds is 6. The van der Waals surface area contributed by atoms with Gasteiger partial charge in [0.05, 0.1) is 23.4 Å². The molecule has 3 N–H and O–H groups in total. The van der Waals surface area contributed by atoms with Crippen molar-refractivity contribution in [1.82, 2.24) is 15.6 Å². The van der Waals surface area contributed by atoms with Crippen molar-refractivity contribution in [1.29, 1.82) is 0 Å². The molecule has 1 unspecified atom stereocenters. The lowest BCUT2D eigenvalue weighted by Gasteiger charge is -2.16. The average Bonchev–Trinajstić information content (AvgIpc) is 2.88. The van der Waals surface area contributed by atoms with Gasteiger partial charge in [0.25, 0.3) is 0 Å². The van der Waals surface area contributed by atoms with Crippen LogP contribution in [0.15, 0.2) is 29.3 Å². The van der Waals surface area contributed by atoms with E-state index in [9.17, 15) is 9.50 Å². The lowest BCUT2D eigenvalue weighted by molar-refractivity contribution is 0.176. The fourth-order valence-corrected chi connectivity index (χ4v) is 3.12. The first kappa shape index (κ1) is 18.4. The lowest BCUT2D eigenvalue weighted by atomic mass is 10.1. The summed E-state index contributed by atoms with van der Waals surface area (Å²) < 4.78 is 13.7. The van der Waals surface area contributed by atoms with Gasteiger partial charge >= 0.3 is 0 Å². The van der Waals surface area contributed by atoms with Gasteiger partial charge in [0.1, 0.15) is 5.82 Å². The first-order valence-electron chi connectivity index (χ1n) is 7.88. The highest BCUT2D eigenvalue weighted by Crippen LogP contribution is 2.18. The van der Waals surface area contributed by atoms with Crippen molar-refractivity contribution < 1.29 is 9.50 Å². The number of aliphatic imine (C=N–C) groups is 1. The van der Waals surface area contributed by atoms with Crippen LogP contribution in [0.5, 0.6) is 0 Å². The molecule has 2 aromatic rings. The van der Waals surface area contributed by atoms with Crippen molar-refractivity contribution in [3.8, 4) is 0 Å². The van der Waals surface area contributed by atoms with Gasteiger partial charge in [-0.15, -0.1) is 11.3 Å². The van der Waals surface area contributed by atoms with Crippen molar-refractivity contribution in [3.63, 3.8) is 0 Å². The third-order valence-electron chi connectivity index (χ3n) is 3.45. The summed E-state index contributed by atoms with van der Waals surface area (Å²) in [6.07, 6.45) is -0.942. The summed E-state index contributed by atoms with van der Waals surface area (Å²) >= 11 is 1.62. The van der Waals surface area contributed by atoms with E-state index in [-0.39, 0.29) is 12.1 Å². The van der Waals surface area contributed by atoms with E-state index in [1.54, 1.807) is 29.5 Å². The van der Waals surface area contributed by atoms with Gasteiger partial charge in [-0.25, -0.2) is 14.4 Å². The molecule has 2 rings (SSSR count). The Morgan fingerprint density at radius 3 is 2.71 bits per heavy atom. The fourth-order valence-electron chi connectivity index (χ4n) is 2.26. The van der Waals surface area contributed by atoms with Gasteiger partial charge in [-0.05, 0) is 26.8 Å². The van der Waals surface area contributed by atoms with E-state index in [0.29, 0.717) is 19.0 Å². The summed E-state index contributed by atoms with van der Waals surface area (Å²) in [6, 6.07) is 6.22. The van der Waals surface area contributed by atoms with Crippen molar-refractivity contribution in [2.24, 2.45) is 4.99 Å². The number of hydrogen-bond acceptors (Lipinski definition) is 4. The van der Waals surface area contributed by atoms with E-state index in [1.807, 2.05) is 20.8 Å². The second-order valence-corrected chi connectivity index (χ2v) is 6.64. The third kappa shape index (κ3) is 5.01. The highest BCUT2D eigenvalue weighted by Gasteiger charge is 2.12. The second-order valence-electron chi connectivity index (χ2n) is 5.35. The average molecular weight is 350 g/mol. The molecule has 0 saturated carbocycles. The summed E-state index contributed by atoms with van der Waals surface area (Å²) in [5.41, 5.74) is 1.26. The molecule has 1 aromatic heterocycles. The Morgan fingerprint density at radius 1 is 1.33 bits per heavy atom. The quantitative estimate of drug-likeness (QED) is 0.553. The summed E-state index contributed by atoms with van der Waals surface area (Å²) in [7, 11) is 0. The van der Waals surface area contributed by atoms with Crippen molar-refractivity contribution in [2.75, 3.05) is 13.1 Å². The number of hydrogen-bond donors (Lipinski definition) is 3. The normalized spacial score (nSPS) is 13.0. The molecule has 1 atom stereocenters. The van der Waals surface area contributed by atoms with E-state index in [4.69, 9.17) is 0 Å². The number of aromatic nitrogens is 1. The molecule has 130 valence electrons. The van der Waals surface area contributed by atoms with E-state index < -0.39 is 11.9 Å². The van der Waals surface area contributed by atoms with Crippen LogP contribution in [0.3, 0.4) is 0 Å². The molecule has 5 nitrogen and oxygen atoms in total. The number of thiazole rings is 1. The Morgan fingerprint density at radius 2 is 2.08 bits per heavy atom. The molecular weight excluding hydrogens is 327 g/mol. The molecule has 1 aromatic carbocycles. The molecule has 7 heteroatoms. The maximum atomic E-state index is 13.7. The third-order valence-corrected chi connectivity index (χ3v) is 4.51. The fraction of sp³-hybridized carbons (Fsp3) is 0.412. The van der Waals surface area contributed by atoms with Gasteiger partial charge in [0.15, 0.2) is 5.96 Å². The minimum atomic E-state index is -0.942. The lowest BCUT2D eigenvalue weighted by Crippen LogP contribution is -2.39. The Labute approximate surface area is 145 Å². The highest BCUT2D eigenvalue weighted by molar-refractivity contribution is 7.11. The van der Waals surface area contributed by atoms with Crippen LogP contribution in [-0.2, 0) is 6.54 Å². The SMILES string of the molecule is CCNC(=NCc1sc(C)nc1C)NCC(O)c1ccccc1F. The molecule has 0 saturated heterocycles. The number of nitrogens with one attached hydrogen (secondary N) is 2. The summed E-state index contributed by atoms with van der Waals surface area (Å²) in [6.45, 7) is 7.29. The molecule has 0 bridgehead atoms. The van der Waals surface area contributed by atoms with Crippen molar-refractivity contribution >= 4 is 17.3 Å².